The smallest absolute Gasteiger partial charge is 0.160 e. The molecule has 0 atom stereocenters. The summed E-state index contributed by atoms with van der Waals surface area (Å²) in [6, 6.07) is 0. The Morgan fingerprint density at radius 2 is 1.69 bits per heavy atom. The summed E-state index contributed by atoms with van der Waals surface area (Å²) in [5, 5.41) is 0. The van der Waals surface area contributed by atoms with Gasteiger partial charge in [0.25, 0.3) is 0 Å². The molecule has 1 aliphatic rings. The Labute approximate surface area is 81.2 Å². The Bertz CT molecular complexity index is 210. The first-order valence-electron chi connectivity index (χ1n) is 5.24. The monoisotopic (exact) mass is 180 g/mol. The highest BCUT2D eigenvalue weighted by Gasteiger charge is 2.19. The number of carbonyl (C=O) groups is 1. The Hall–Kier alpha value is -0.590. The maximum absolute atomic E-state index is 11.7. The first-order valence-corrected chi connectivity index (χ1v) is 5.24. The number of rotatable bonds is 1. The van der Waals surface area contributed by atoms with Crippen LogP contribution < -0.4 is 0 Å². The van der Waals surface area contributed by atoms with Crippen LogP contribution in [-0.2, 0) is 4.79 Å². The van der Waals surface area contributed by atoms with Gasteiger partial charge >= 0.3 is 0 Å². The minimum absolute atomic E-state index is 0.204. The van der Waals surface area contributed by atoms with Crippen molar-refractivity contribution in [1.29, 1.82) is 0 Å². The van der Waals surface area contributed by atoms with Crippen molar-refractivity contribution < 1.29 is 4.79 Å². The van der Waals surface area contributed by atoms with Gasteiger partial charge in [-0.2, -0.15) is 0 Å². The van der Waals surface area contributed by atoms with Crippen molar-refractivity contribution in [3.63, 3.8) is 0 Å². The normalized spacial score (nSPS) is 18.5. The number of hydrogen-bond acceptors (Lipinski definition) is 1. The lowest BCUT2D eigenvalue weighted by Crippen LogP contribution is -2.18. The van der Waals surface area contributed by atoms with Gasteiger partial charge in [-0.25, -0.2) is 0 Å². The van der Waals surface area contributed by atoms with Gasteiger partial charge in [0.05, 0.1) is 0 Å². The first kappa shape index (κ1) is 10.5. The van der Waals surface area contributed by atoms with Crippen molar-refractivity contribution in [1.82, 2.24) is 0 Å². The Morgan fingerprint density at radius 3 is 2.15 bits per heavy atom. The molecular formula is C12H20O. The highest BCUT2D eigenvalue weighted by atomic mass is 16.1. The summed E-state index contributed by atoms with van der Waals surface area (Å²) in [4.78, 5) is 11.7. The molecule has 0 aromatic heterocycles. The fourth-order valence-corrected chi connectivity index (χ4v) is 1.55. The van der Waals surface area contributed by atoms with E-state index < -0.39 is 0 Å². The highest BCUT2D eigenvalue weighted by molar-refractivity contribution is 5.94. The summed E-state index contributed by atoms with van der Waals surface area (Å²) in [6.45, 7) is 5.94. The van der Waals surface area contributed by atoms with Crippen LogP contribution in [0.2, 0.25) is 0 Å². The van der Waals surface area contributed by atoms with Gasteiger partial charge < -0.3 is 0 Å². The van der Waals surface area contributed by atoms with Crippen LogP contribution in [0, 0.1) is 5.41 Å². The van der Waals surface area contributed by atoms with Crippen molar-refractivity contribution in [2.45, 2.75) is 52.9 Å². The molecule has 0 saturated heterocycles. The van der Waals surface area contributed by atoms with Gasteiger partial charge in [-0.15, -0.1) is 0 Å². The summed E-state index contributed by atoms with van der Waals surface area (Å²) in [5.41, 5.74) is 1.16. The summed E-state index contributed by atoms with van der Waals surface area (Å²) >= 11 is 0. The Balaban J connectivity index is 2.59. The lowest BCUT2D eigenvalue weighted by Gasteiger charge is -2.17. The van der Waals surface area contributed by atoms with Gasteiger partial charge in [0.15, 0.2) is 5.78 Å². The van der Waals surface area contributed by atoms with Gasteiger partial charge in [0.1, 0.15) is 0 Å². The molecule has 0 bridgehead atoms. The van der Waals surface area contributed by atoms with Gasteiger partial charge in [-0.3, -0.25) is 4.79 Å². The topological polar surface area (TPSA) is 17.1 Å². The van der Waals surface area contributed by atoms with E-state index in [0.717, 1.165) is 12.8 Å². The van der Waals surface area contributed by atoms with E-state index in [4.69, 9.17) is 0 Å². The first-order chi connectivity index (χ1) is 6.00. The molecule has 1 rings (SSSR count). The van der Waals surface area contributed by atoms with Crippen LogP contribution in [0.25, 0.3) is 0 Å². The Kier molecular flexibility index (Phi) is 3.29. The molecule has 0 aromatic rings. The van der Waals surface area contributed by atoms with Crippen LogP contribution in [0.1, 0.15) is 52.9 Å². The van der Waals surface area contributed by atoms with E-state index in [-0.39, 0.29) is 11.2 Å². The molecule has 0 radical (unpaired) electrons. The third kappa shape index (κ3) is 3.33. The minimum atomic E-state index is -0.204. The molecular weight excluding hydrogens is 160 g/mol. The SMILES string of the molecule is CC(C)(C)C(=O)C=C1CCCCC1. The van der Waals surface area contributed by atoms with Crippen LogP contribution in [-0.4, -0.2) is 5.78 Å². The highest BCUT2D eigenvalue weighted by Crippen LogP contribution is 2.25. The molecule has 13 heavy (non-hydrogen) atoms. The van der Waals surface area contributed by atoms with Crippen molar-refractivity contribution in [2.24, 2.45) is 5.41 Å². The van der Waals surface area contributed by atoms with Gasteiger partial charge in [-0.05, 0) is 31.8 Å². The largest absolute Gasteiger partial charge is 0.294 e. The van der Waals surface area contributed by atoms with E-state index in [1.165, 1.54) is 24.8 Å². The van der Waals surface area contributed by atoms with Crippen LogP contribution in [0.3, 0.4) is 0 Å². The molecule has 0 aliphatic heterocycles. The van der Waals surface area contributed by atoms with Crippen LogP contribution in [0.4, 0.5) is 0 Å². The summed E-state index contributed by atoms with van der Waals surface area (Å²) < 4.78 is 0. The van der Waals surface area contributed by atoms with Crippen LogP contribution >= 0.6 is 0 Å². The molecule has 0 N–H and O–H groups in total. The standard InChI is InChI=1S/C12H20O/c1-12(2,3)11(13)9-10-7-5-4-6-8-10/h9H,4-8H2,1-3H3. The average molecular weight is 180 g/mol. The molecule has 0 amide bonds. The average Bonchev–Trinajstić information content (AvgIpc) is 2.04. The Morgan fingerprint density at radius 1 is 1.15 bits per heavy atom. The quantitative estimate of drug-likeness (QED) is 0.564. The zero-order valence-corrected chi connectivity index (χ0v) is 9.02. The fraction of sp³-hybridized carbons (Fsp3) is 0.750. The van der Waals surface area contributed by atoms with E-state index in [0.29, 0.717) is 0 Å². The molecule has 1 aliphatic carbocycles. The second kappa shape index (κ2) is 4.08. The van der Waals surface area contributed by atoms with Crippen molar-refractivity contribution in [3.8, 4) is 0 Å². The summed E-state index contributed by atoms with van der Waals surface area (Å²) in [6.07, 6.45) is 8.04. The van der Waals surface area contributed by atoms with E-state index in [1.54, 1.807) is 0 Å². The predicted molar refractivity (Wildman–Crippen MR) is 55.6 cm³/mol. The molecule has 0 unspecified atom stereocenters. The van der Waals surface area contributed by atoms with E-state index in [2.05, 4.69) is 0 Å². The molecule has 0 spiro atoms. The molecule has 1 heteroatoms. The second-order valence-electron chi connectivity index (χ2n) is 4.98. The summed E-state index contributed by atoms with van der Waals surface area (Å²) in [7, 11) is 0. The van der Waals surface area contributed by atoms with Crippen LogP contribution in [0.5, 0.6) is 0 Å². The third-order valence-electron chi connectivity index (χ3n) is 2.57. The van der Waals surface area contributed by atoms with Crippen molar-refractivity contribution in [3.05, 3.63) is 11.6 Å². The zero-order valence-electron chi connectivity index (χ0n) is 9.02. The van der Waals surface area contributed by atoms with Crippen molar-refractivity contribution in [2.75, 3.05) is 0 Å². The molecule has 0 aromatic carbocycles. The molecule has 0 heterocycles. The predicted octanol–water partition coefficient (Wildman–Crippen LogP) is 3.49. The fourth-order valence-electron chi connectivity index (χ4n) is 1.55. The number of allylic oxidation sites excluding steroid dienone is 2. The maximum atomic E-state index is 11.7. The second-order valence-corrected chi connectivity index (χ2v) is 4.98. The summed E-state index contributed by atoms with van der Waals surface area (Å²) in [5.74, 6) is 0.282. The minimum Gasteiger partial charge on any atom is -0.294 e. The molecule has 74 valence electrons. The van der Waals surface area contributed by atoms with Gasteiger partial charge in [-0.1, -0.05) is 32.8 Å². The number of hydrogen-bond donors (Lipinski definition) is 0. The number of carbonyl (C=O) groups excluding carboxylic acids is 1. The zero-order chi connectivity index (χ0) is 9.90. The van der Waals surface area contributed by atoms with Gasteiger partial charge in [0, 0.05) is 5.41 Å². The third-order valence-corrected chi connectivity index (χ3v) is 2.57. The van der Waals surface area contributed by atoms with Gasteiger partial charge in [0.2, 0.25) is 0 Å². The molecule has 1 saturated carbocycles. The lowest BCUT2D eigenvalue weighted by atomic mass is 9.86. The van der Waals surface area contributed by atoms with E-state index >= 15 is 0 Å². The van der Waals surface area contributed by atoms with Crippen molar-refractivity contribution >= 4 is 5.78 Å². The van der Waals surface area contributed by atoms with E-state index in [1.807, 2.05) is 26.8 Å². The number of ketones is 1. The lowest BCUT2D eigenvalue weighted by molar-refractivity contribution is -0.121. The molecule has 1 nitrogen and oxygen atoms in total. The van der Waals surface area contributed by atoms with Crippen LogP contribution in [0.15, 0.2) is 11.6 Å². The van der Waals surface area contributed by atoms with E-state index in [9.17, 15) is 4.79 Å². The molecule has 1 fully saturated rings. The maximum Gasteiger partial charge on any atom is 0.160 e.